The fraction of sp³-hybridized carbons (Fsp3) is 0.182. The van der Waals surface area contributed by atoms with Crippen molar-refractivity contribution in [3.8, 4) is 17.0 Å². The molecule has 0 aliphatic rings. The third-order valence-electron chi connectivity index (χ3n) is 4.77. The minimum absolute atomic E-state index is 0.0569. The fourth-order valence-electron chi connectivity index (χ4n) is 3.03. The molecule has 2 aromatic carbocycles. The first-order chi connectivity index (χ1) is 14.0. The highest BCUT2D eigenvalue weighted by molar-refractivity contribution is 5.92. The standard InChI is InChI=1S/C22H21N5O2/c1-14-6-4-9-20(15(14)2)29-13-22(28)23-18-8-5-7-17(12-18)19-10-11-21-25-24-16(3)27(21)26-19/h4-12H,13H2,1-3H3,(H,23,28). The zero-order valence-electron chi connectivity index (χ0n) is 16.5. The maximum absolute atomic E-state index is 12.3. The van der Waals surface area contributed by atoms with E-state index in [9.17, 15) is 4.79 Å². The number of benzene rings is 2. The summed E-state index contributed by atoms with van der Waals surface area (Å²) < 4.78 is 7.37. The summed E-state index contributed by atoms with van der Waals surface area (Å²) in [6.45, 7) is 5.79. The molecule has 0 bridgehead atoms. The van der Waals surface area contributed by atoms with E-state index in [1.807, 2.05) is 75.4 Å². The highest BCUT2D eigenvalue weighted by Crippen LogP contribution is 2.22. The van der Waals surface area contributed by atoms with E-state index >= 15 is 0 Å². The van der Waals surface area contributed by atoms with Gasteiger partial charge in [-0.1, -0.05) is 24.3 Å². The number of ether oxygens (including phenoxy) is 1. The van der Waals surface area contributed by atoms with Gasteiger partial charge in [0.05, 0.1) is 5.69 Å². The zero-order chi connectivity index (χ0) is 20.4. The van der Waals surface area contributed by atoms with E-state index in [1.54, 1.807) is 4.52 Å². The van der Waals surface area contributed by atoms with Crippen LogP contribution in [-0.4, -0.2) is 32.3 Å². The number of anilines is 1. The van der Waals surface area contributed by atoms with Crippen LogP contribution < -0.4 is 10.1 Å². The number of carbonyl (C=O) groups excluding carboxylic acids is 1. The molecule has 4 rings (SSSR count). The van der Waals surface area contributed by atoms with Gasteiger partial charge in [0.2, 0.25) is 0 Å². The number of aromatic nitrogens is 4. The Bertz CT molecular complexity index is 1200. The van der Waals surface area contributed by atoms with Gasteiger partial charge in [-0.25, -0.2) is 0 Å². The van der Waals surface area contributed by atoms with Gasteiger partial charge in [-0.2, -0.15) is 9.61 Å². The average molecular weight is 387 g/mol. The van der Waals surface area contributed by atoms with Gasteiger partial charge in [0.15, 0.2) is 18.1 Å². The summed E-state index contributed by atoms with van der Waals surface area (Å²) in [5, 5.41) is 15.5. The molecule has 0 spiro atoms. The zero-order valence-corrected chi connectivity index (χ0v) is 16.5. The monoisotopic (exact) mass is 387 g/mol. The second kappa shape index (κ2) is 7.71. The number of nitrogens with one attached hydrogen (secondary N) is 1. The number of carbonyl (C=O) groups is 1. The van der Waals surface area contributed by atoms with Crippen LogP contribution in [0.1, 0.15) is 17.0 Å². The molecule has 0 saturated carbocycles. The number of nitrogens with zero attached hydrogens (tertiary/aromatic N) is 4. The van der Waals surface area contributed by atoms with Gasteiger partial charge < -0.3 is 10.1 Å². The molecule has 1 amide bonds. The first-order valence-corrected chi connectivity index (χ1v) is 9.29. The van der Waals surface area contributed by atoms with Gasteiger partial charge in [-0.05, 0) is 62.2 Å². The van der Waals surface area contributed by atoms with Crippen molar-refractivity contribution >= 4 is 17.2 Å². The molecule has 2 heterocycles. The molecule has 1 N–H and O–H groups in total. The minimum atomic E-state index is -0.221. The lowest BCUT2D eigenvalue weighted by Crippen LogP contribution is -2.20. The molecule has 2 aromatic heterocycles. The molecule has 7 nitrogen and oxygen atoms in total. The molecule has 0 unspecified atom stereocenters. The number of amides is 1. The van der Waals surface area contributed by atoms with Crippen molar-refractivity contribution in [1.29, 1.82) is 0 Å². The quantitative estimate of drug-likeness (QED) is 0.564. The Kier molecular flexibility index (Phi) is 4.95. The Labute approximate surface area is 168 Å². The lowest BCUT2D eigenvalue weighted by Gasteiger charge is -2.11. The summed E-state index contributed by atoms with van der Waals surface area (Å²) in [7, 11) is 0. The third-order valence-corrected chi connectivity index (χ3v) is 4.77. The SMILES string of the molecule is Cc1cccc(OCC(=O)Nc2cccc(-c3ccc4nnc(C)n4n3)c2)c1C. The molecule has 0 radical (unpaired) electrons. The highest BCUT2D eigenvalue weighted by atomic mass is 16.5. The third kappa shape index (κ3) is 3.94. The molecule has 0 atom stereocenters. The number of rotatable bonds is 5. The Morgan fingerprint density at radius 2 is 1.86 bits per heavy atom. The van der Waals surface area contributed by atoms with E-state index in [2.05, 4.69) is 20.6 Å². The first-order valence-electron chi connectivity index (χ1n) is 9.29. The molecule has 7 heteroatoms. The molecule has 146 valence electrons. The van der Waals surface area contributed by atoms with E-state index in [0.717, 1.165) is 34.0 Å². The van der Waals surface area contributed by atoms with Crippen LogP contribution in [-0.2, 0) is 4.79 Å². The summed E-state index contributed by atoms with van der Waals surface area (Å²) in [6.07, 6.45) is 0. The smallest absolute Gasteiger partial charge is 0.262 e. The summed E-state index contributed by atoms with van der Waals surface area (Å²) in [5.74, 6) is 1.21. The summed E-state index contributed by atoms with van der Waals surface area (Å²) in [4.78, 5) is 12.3. The number of hydrogen-bond donors (Lipinski definition) is 1. The van der Waals surface area contributed by atoms with Crippen molar-refractivity contribution < 1.29 is 9.53 Å². The summed E-state index contributed by atoms with van der Waals surface area (Å²) in [6, 6.07) is 17.1. The molecule has 4 aromatic rings. The molecule has 0 saturated heterocycles. The predicted octanol–water partition coefficient (Wildman–Crippen LogP) is 3.73. The van der Waals surface area contributed by atoms with Gasteiger partial charge in [-0.15, -0.1) is 10.2 Å². The second-order valence-electron chi connectivity index (χ2n) is 6.85. The first kappa shape index (κ1) is 18.6. The van der Waals surface area contributed by atoms with Gasteiger partial charge in [0, 0.05) is 11.3 Å². The maximum Gasteiger partial charge on any atom is 0.262 e. The average Bonchev–Trinajstić information content (AvgIpc) is 3.09. The van der Waals surface area contributed by atoms with Crippen molar-refractivity contribution in [3.05, 3.63) is 71.5 Å². The minimum Gasteiger partial charge on any atom is -0.483 e. The predicted molar refractivity (Wildman–Crippen MR) is 111 cm³/mol. The number of fused-ring (bicyclic) bond motifs is 1. The van der Waals surface area contributed by atoms with Crippen LogP contribution in [0.3, 0.4) is 0 Å². The molecule has 0 aliphatic carbocycles. The van der Waals surface area contributed by atoms with E-state index in [0.29, 0.717) is 11.3 Å². The summed E-state index contributed by atoms with van der Waals surface area (Å²) >= 11 is 0. The number of hydrogen-bond acceptors (Lipinski definition) is 5. The van der Waals surface area contributed by atoms with Crippen molar-refractivity contribution in [2.24, 2.45) is 0 Å². The van der Waals surface area contributed by atoms with Crippen LogP contribution >= 0.6 is 0 Å². The Morgan fingerprint density at radius 1 is 1.03 bits per heavy atom. The van der Waals surface area contributed by atoms with Crippen molar-refractivity contribution in [2.75, 3.05) is 11.9 Å². The number of aryl methyl sites for hydroxylation is 2. The van der Waals surface area contributed by atoms with Gasteiger partial charge >= 0.3 is 0 Å². The van der Waals surface area contributed by atoms with E-state index < -0.39 is 0 Å². The fourth-order valence-corrected chi connectivity index (χ4v) is 3.03. The Hall–Kier alpha value is -3.74. The van der Waals surface area contributed by atoms with Gasteiger partial charge in [0.1, 0.15) is 5.75 Å². The molecule has 0 aliphatic heterocycles. The molecule has 0 fully saturated rings. The molecule has 29 heavy (non-hydrogen) atoms. The lowest BCUT2D eigenvalue weighted by atomic mass is 10.1. The Balaban J connectivity index is 1.47. The van der Waals surface area contributed by atoms with Crippen LogP contribution in [0.2, 0.25) is 0 Å². The topological polar surface area (TPSA) is 81.4 Å². The summed E-state index contributed by atoms with van der Waals surface area (Å²) in [5.41, 5.74) is 5.19. The Morgan fingerprint density at radius 3 is 2.72 bits per heavy atom. The molecular weight excluding hydrogens is 366 g/mol. The van der Waals surface area contributed by atoms with E-state index in [1.165, 1.54) is 0 Å². The van der Waals surface area contributed by atoms with Crippen LogP contribution in [0, 0.1) is 20.8 Å². The second-order valence-corrected chi connectivity index (χ2v) is 6.85. The van der Waals surface area contributed by atoms with Gasteiger partial charge in [-0.3, -0.25) is 4.79 Å². The van der Waals surface area contributed by atoms with Crippen LogP contribution in [0.5, 0.6) is 5.75 Å². The highest BCUT2D eigenvalue weighted by Gasteiger charge is 2.09. The van der Waals surface area contributed by atoms with Crippen molar-refractivity contribution in [2.45, 2.75) is 20.8 Å². The van der Waals surface area contributed by atoms with E-state index in [4.69, 9.17) is 4.74 Å². The maximum atomic E-state index is 12.3. The normalized spacial score (nSPS) is 10.9. The van der Waals surface area contributed by atoms with Gasteiger partial charge in [0.25, 0.3) is 5.91 Å². The van der Waals surface area contributed by atoms with E-state index in [-0.39, 0.29) is 12.5 Å². The van der Waals surface area contributed by atoms with Crippen LogP contribution in [0.15, 0.2) is 54.6 Å². The lowest BCUT2D eigenvalue weighted by molar-refractivity contribution is -0.118. The van der Waals surface area contributed by atoms with Crippen molar-refractivity contribution in [3.63, 3.8) is 0 Å². The van der Waals surface area contributed by atoms with Crippen molar-refractivity contribution in [1.82, 2.24) is 19.8 Å². The molecular formula is C22H21N5O2. The van der Waals surface area contributed by atoms with Crippen LogP contribution in [0.25, 0.3) is 16.9 Å². The largest absolute Gasteiger partial charge is 0.483 e. The van der Waals surface area contributed by atoms with Crippen LogP contribution in [0.4, 0.5) is 5.69 Å².